The van der Waals surface area contributed by atoms with Gasteiger partial charge in [0.1, 0.15) is 0 Å². The van der Waals surface area contributed by atoms with Crippen LogP contribution in [0.3, 0.4) is 0 Å². The molecule has 1 rings (SSSR count). The maximum atomic E-state index is 9.56. The number of likely N-dealkylation sites (N-methyl/N-ethyl adjacent to an activating group) is 1. The van der Waals surface area contributed by atoms with Crippen LogP contribution >= 0.6 is 15.9 Å². The van der Waals surface area contributed by atoms with Crippen LogP contribution in [0.4, 0.5) is 0 Å². The maximum Gasteiger partial charge on any atom is 0.0763 e. The molecule has 2 nitrogen and oxygen atoms in total. The third-order valence-electron chi connectivity index (χ3n) is 3.31. The Hall–Kier alpha value is 0.400. The van der Waals surface area contributed by atoms with Gasteiger partial charge in [0.15, 0.2) is 0 Å². The lowest BCUT2D eigenvalue weighted by atomic mass is 9.85. The molecule has 0 aromatic heterocycles. The predicted octanol–water partition coefficient (Wildman–Crippen LogP) is 2.25. The van der Waals surface area contributed by atoms with E-state index in [2.05, 4.69) is 34.8 Å². The lowest BCUT2D eigenvalue weighted by Gasteiger charge is -2.37. The van der Waals surface area contributed by atoms with E-state index in [0.717, 1.165) is 12.5 Å². The summed E-state index contributed by atoms with van der Waals surface area (Å²) in [5.74, 6) is 0.788. The van der Waals surface area contributed by atoms with Crippen LogP contribution in [-0.4, -0.2) is 41.1 Å². The maximum absolute atomic E-state index is 9.56. The third-order valence-corrected chi connectivity index (χ3v) is 4.06. The van der Waals surface area contributed by atoms with Crippen LogP contribution in [0.25, 0.3) is 0 Å². The average Bonchev–Trinajstić information content (AvgIpc) is 2.18. The predicted molar refractivity (Wildman–Crippen MR) is 63.9 cm³/mol. The fourth-order valence-electron chi connectivity index (χ4n) is 2.47. The first-order valence-electron chi connectivity index (χ1n) is 5.59. The minimum Gasteiger partial charge on any atom is -0.391 e. The Balaban J connectivity index is 2.37. The molecule has 0 amide bonds. The van der Waals surface area contributed by atoms with E-state index in [0.29, 0.717) is 11.4 Å². The number of hydrogen-bond acceptors (Lipinski definition) is 2. The highest BCUT2D eigenvalue weighted by atomic mass is 79.9. The smallest absolute Gasteiger partial charge is 0.0763 e. The second-order valence-corrected chi connectivity index (χ2v) is 5.22. The molecule has 1 aliphatic carbocycles. The molecule has 0 radical (unpaired) electrons. The van der Waals surface area contributed by atoms with Gasteiger partial charge in [0.25, 0.3) is 0 Å². The SMILES string of the molecule is CC1CCCCC1N(C)CC(O)CBr. The molecular formula is C11H22BrNO. The van der Waals surface area contributed by atoms with Crippen LogP contribution < -0.4 is 0 Å². The molecule has 0 aromatic rings. The van der Waals surface area contributed by atoms with Gasteiger partial charge in [-0.25, -0.2) is 0 Å². The van der Waals surface area contributed by atoms with E-state index in [-0.39, 0.29) is 6.10 Å². The summed E-state index contributed by atoms with van der Waals surface area (Å²) in [7, 11) is 2.14. The molecule has 3 atom stereocenters. The summed E-state index contributed by atoms with van der Waals surface area (Å²) in [6.45, 7) is 3.13. The molecule has 3 heteroatoms. The summed E-state index contributed by atoms with van der Waals surface area (Å²) in [5.41, 5.74) is 0. The Bertz CT molecular complexity index is 165. The van der Waals surface area contributed by atoms with Crippen LogP contribution in [0.2, 0.25) is 0 Å². The van der Waals surface area contributed by atoms with Crippen LogP contribution in [0.15, 0.2) is 0 Å². The third kappa shape index (κ3) is 3.52. The number of rotatable bonds is 4. The molecule has 14 heavy (non-hydrogen) atoms. The Morgan fingerprint density at radius 3 is 2.64 bits per heavy atom. The number of alkyl halides is 1. The Morgan fingerprint density at radius 2 is 2.07 bits per heavy atom. The van der Waals surface area contributed by atoms with Crippen LogP contribution in [0.5, 0.6) is 0 Å². The van der Waals surface area contributed by atoms with Crippen molar-refractivity contribution in [3.05, 3.63) is 0 Å². The first kappa shape index (κ1) is 12.5. The molecule has 1 N–H and O–H groups in total. The number of hydrogen-bond donors (Lipinski definition) is 1. The van der Waals surface area contributed by atoms with Gasteiger partial charge in [0, 0.05) is 17.9 Å². The molecule has 1 aliphatic rings. The summed E-state index contributed by atoms with van der Waals surface area (Å²) < 4.78 is 0. The minimum absolute atomic E-state index is 0.228. The summed E-state index contributed by atoms with van der Waals surface area (Å²) in [6, 6.07) is 0.678. The molecule has 1 fully saturated rings. The number of aliphatic hydroxyl groups is 1. The second-order valence-electron chi connectivity index (χ2n) is 4.58. The van der Waals surface area contributed by atoms with Crippen molar-refractivity contribution in [2.24, 2.45) is 5.92 Å². The highest BCUT2D eigenvalue weighted by Gasteiger charge is 2.25. The van der Waals surface area contributed by atoms with Gasteiger partial charge in [0.2, 0.25) is 0 Å². The quantitative estimate of drug-likeness (QED) is 0.787. The molecule has 0 saturated heterocycles. The van der Waals surface area contributed by atoms with E-state index in [4.69, 9.17) is 0 Å². The van der Waals surface area contributed by atoms with E-state index in [1.54, 1.807) is 0 Å². The molecule has 0 aliphatic heterocycles. The summed E-state index contributed by atoms with van der Waals surface area (Å²) >= 11 is 3.31. The van der Waals surface area contributed by atoms with Crippen molar-refractivity contribution in [3.8, 4) is 0 Å². The van der Waals surface area contributed by atoms with Crippen molar-refractivity contribution in [2.45, 2.75) is 44.8 Å². The topological polar surface area (TPSA) is 23.5 Å². The lowest BCUT2D eigenvalue weighted by Crippen LogP contribution is -2.43. The van der Waals surface area contributed by atoms with Crippen LogP contribution in [0.1, 0.15) is 32.6 Å². The molecular weight excluding hydrogens is 242 g/mol. The Labute approximate surface area is 95.8 Å². The first-order chi connectivity index (χ1) is 6.65. The van der Waals surface area contributed by atoms with E-state index < -0.39 is 0 Å². The van der Waals surface area contributed by atoms with E-state index in [1.165, 1.54) is 25.7 Å². The molecule has 84 valence electrons. The number of aliphatic hydroxyl groups excluding tert-OH is 1. The van der Waals surface area contributed by atoms with E-state index in [9.17, 15) is 5.11 Å². The monoisotopic (exact) mass is 263 g/mol. The molecule has 0 heterocycles. The fourth-order valence-corrected chi connectivity index (χ4v) is 2.67. The molecule has 0 bridgehead atoms. The van der Waals surface area contributed by atoms with Crippen molar-refractivity contribution in [1.82, 2.24) is 4.90 Å². The standard InChI is InChI=1S/C11H22BrNO/c1-9-5-3-4-6-11(9)13(2)8-10(14)7-12/h9-11,14H,3-8H2,1-2H3. The summed E-state index contributed by atoms with van der Waals surface area (Å²) in [5, 5.41) is 10.2. The Kier molecular flexibility index (Phi) is 5.42. The van der Waals surface area contributed by atoms with Gasteiger partial charge in [-0.15, -0.1) is 0 Å². The van der Waals surface area contributed by atoms with E-state index >= 15 is 0 Å². The fraction of sp³-hybridized carbons (Fsp3) is 1.00. The normalized spacial score (nSPS) is 30.6. The van der Waals surface area contributed by atoms with Gasteiger partial charge in [-0.3, -0.25) is 0 Å². The first-order valence-corrected chi connectivity index (χ1v) is 6.71. The highest BCUT2D eigenvalue weighted by molar-refractivity contribution is 9.09. The molecule has 1 saturated carbocycles. The van der Waals surface area contributed by atoms with Gasteiger partial charge in [-0.1, -0.05) is 35.7 Å². The van der Waals surface area contributed by atoms with Crippen LogP contribution in [-0.2, 0) is 0 Å². The van der Waals surface area contributed by atoms with Crippen LogP contribution in [0, 0.1) is 5.92 Å². The zero-order chi connectivity index (χ0) is 10.6. The molecule has 0 spiro atoms. The van der Waals surface area contributed by atoms with Crippen molar-refractivity contribution >= 4 is 15.9 Å². The zero-order valence-corrected chi connectivity index (χ0v) is 10.8. The number of nitrogens with zero attached hydrogens (tertiary/aromatic N) is 1. The average molecular weight is 264 g/mol. The summed E-state index contributed by atoms with van der Waals surface area (Å²) in [4.78, 5) is 2.33. The molecule has 0 aromatic carbocycles. The van der Waals surface area contributed by atoms with E-state index in [1.807, 2.05) is 0 Å². The Morgan fingerprint density at radius 1 is 1.43 bits per heavy atom. The van der Waals surface area contributed by atoms with Gasteiger partial charge < -0.3 is 10.0 Å². The molecule has 3 unspecified atom stereocenters. The zero-order valence-electron chi connectivity index (χ0n) is 9.25. The van der Waals surface area contributed by atoms with Crippen molar-refractivity contribution in [2.75, 3.05) is 18.9 Å². The summed E-state index contributed by atoms with van der Waals surface area (Å²) in [6.07, 6.45) is 5.15. The van der Waals surface area contributed by atoms with Gasteiger partial charge in [-0.2, -0.15) is 0 Å². The van der Waals surface area contributed by atoms with Crippen molar-refractivity contribution in [3.63, 3.8) is 0 Å². The van der Waals surface area contributed by atoms with Gasteiger partial charge in [-0.05, 0) is 25.8 Å². The minimum atomic E-state index is -0.228. The van der Waals surface area contributed by atoms with Gasteiger partial charge in [0.05, 0.1) is 6.10 Å². The highest BCUT2D eigenvalue weighted by Crippen LogP contribution is 2.27. The second kappa shape index (κ2) is 6.09. The van der Waals surface area contributed by atoms with Crippen molar-refractivity contribution in [1.29, 1.82) is 0 Å². The number of halogens is 1. The van der Waals surface area contributed by atoms with Crippen molar-refractivity contribution < 1.29 is 5.11 Å². The lowest BCUT2D eigenvalue weighted by molar-refractivity contribution is 0.0823. The van der Waals surface area contributed by atoms with Gasteiger partial charge >= 0.3 is 0 Å². The largest absolute Gasteiger partial charge is 0.391 e.